The molecule has 0 radical (unpaired) electrons. The van der Waals surface area contributed by atoms with Gasteiger partial charge in [-0.2, -0.15) is 0 Å². The van der Waals surface area contributed by atoms with E-state index >= 15 is 0 Å². The molecule has 1 fully saturated rings. The number of aromatic amines is 1. The summed E-state index contributed by atoms with van der Waals surface area (Å²) >= 11 is 0. The Morgan fingerprint density at radius 2 is 1.93 bits per heavy atom. The van der Waals surface area contributed by atoms with E-state index in [1.165, 1.54) is 5.56 Å². The van der Waals surface area contributed by atoms with Gasteiger partial charge < -0.3 is 15.6 Å². The predicted molar refractivity (Wildman–Crippen MR) is 110 cm³/mol. The van der Waals surface area contributed by atoms with Crippen molar-refractivity contribution in [1.82, 2.24) is 14.9 Å². The molecule has 0 aliphatic carbocycles. The van der Waals surface area contributed by atoms with Crippen molar-refractivity contribution in [2.24, 2.45) is 11.7 Å². The zero-order valence-electron chi connectivity index (χ0n) is 15.8. The van der Waals surface area contributed by atoms with Crippen LogP contribution in [0.2, 0.25) is 0 Å². The van der Waals surface area contributed by atoms with Gasteiger partial charge in [-0.3, -0.25) is 10.2 Å². The van der Waals surface area contributed by atoms with E-state index < -0.39 is 0 Å². The molecule has 28 heavy (non-hydrogen) atoms. The first-order chi connectivity index (χ1) is 13.6. The normalized spacial score (nSPS) is 15.1. The summed E-state index contributed by atoms with van der Waals surface area (Å²) in [6.07, 6.45) is 3.45. The van der Waals surface area contributed by atoms with Crippen LogP contribution in [-0.4, -0.2) is 39.7 Å². The van der Waals surface area contributed by atoms with Gasteiger partial charge in [0.05, 0.1) is 17.5 Å². The van der Waals surface area contributed by atoms with E-state index in [2.05, 4.69) is 34.2 Å². The highest BCUT2D eigenvalue weighted by molar-refractivity contribution is 5.98. The van der Waals surface area contributed by atoms with Crippen LogP contribution in [0.4, 0.5) is 0 Å². The molecule has 1 amide bonds. The molecule has 0 unspecified atom stereocenters. The third-order valence-electron chi connectivity index (χ3n) is 5.50. The fraction of sp³-hybridized carbons (Fsp3) is 0.318. The molecule has 144 valence electrons. The van der Waals surface area contributed by atoms with Crippen LogP contribution in [0.25, 0.3) is 11.0 Å². The van der Waals surface area contributed by atoms with Crippen molar-refractivity contribution in [3.8, 4) is 0 Å². The highest BCUT2D eigenvalue weighted by atomic mass is 16.2. The van der Waals surface area contributed by atoms with Crippen molar-refractivity contribution in [2.75, 3.05) is 13.1 Å². The molecule has 4 N–H and O–H groups in total. The Labute approximate surface area is 164 Å². The molecule has 0 bridgehead atoms. The summed E-state index contributed by atoms with van der Waals surface area (Å²) < 4.78 is 0. The number of amides is 1. The molecule has 0 atom stereocenters. The predicted octanol–water partition coefficient (Wildman–Crippen LogP) is 2.87. The number of benzene rings is 2. The van der Waals surface area contributed by atoms with Crippen molar-refractivity contribution in [1.29, 1.82) is 5.41 Å². The highest BCUT2D eigenvalue weighted by Crippen LogP contribution is 2.22. The summed E-state index contributed by atoms with van der Waals surface area (Å²) in [5.41, 5.74) is 9.15. The molecule has 0 saturated carbocycles. The minimum atomic E-state index is 0.0208. The molecular formula is C22H25N5O. The van der Waals surface area contributed by atoms with E-state index in [0.717, 1.165) is 43.4 Å². The Balaban J connectivity index is 1.34. The van der Waals surface area contributed by atoms with E-state index in [1.54, 1.807) is 12.1 Å². The summed E-state index contributed by atoms with van der Waals surface area (Å²) in [7, 11) is 0. The van der Waals surface area contributed by atoms with Gasteiger partial charge >= 0.3 is 0 Å². The van der Waals surface area contributed by atoms with Crippen molar-refractivity contribution >= 4 is 22.8 Å². The molecule has 6 heteroatoms. The number of amidine groups is 1. The zero-order chi connectivity index (χ0) is 19.5. The molecule has 2 heterocycles. The first-order valence-electron chi connectivity index (χ1n) is 9.73. The monoisotopic (exact) mass is 375 g/mol. The standard InChI is InChI=1S/C22H25N5O/c23-22(24)17-6-7-18-19(13-17)26-20(25-18)14-21(28)27-10-8-16(9-11-27)12-15-4-2-1-3-5-15/h1-7,13,16H,8-12,14H2,(H3,23,24)(H,25,26). The van der Waals surface area contributed by atoms with Gasteiger partial charge in [-0.05, 0) is 48.9 Å². The molecule has 4 rings (SSSR count). The van der Waals surface area contributed by atoms with Gasteiger partial charge in [-0.15, -0.1) is 0 Å². The molecule has 2 aromatic carbocycles. The van der Waals surface area contributed by atoms with Gasteiger partial charge in [-0.25, -0.2) is 4.98 Å². The number of likely N-dealkylation sites (tertiary alicyclic amines) is 1. The smallest absolute Gasteiger partial charge is 0.230 e. The van der Waals surface area contributed by atoms with Gasteiger partial charge in [0.25, 0.3) is 0 Å². The van der Waals surface area contributed by atoms with Crippen LogP contribution in [0.15, 0.2) is 48.5 Å². The van der Waals surface area contributed by atoms with Crippen molar-refractivity contribution in [2.45, 2.75) is 25.7 Å². The van der Waals surface area contributed by atoms with E-state index in [1.807, 2.05) is 17.0 Å². The van der Waals surface area contributed by atoms with Crippen LogP contribution in [0.5, 0.6) is 0 Å². The molecule has 3 aromatic rings. The zero-order valence-corrected chi connectivity index (χ0v) is 15.8. The van der Waals surface area contributed by atoms with Crippen LogP contribution >= 0.6 is 0 Å². The molecular weight excluding hydrogens is 350 g/mol. The number of aromatic nitrogens is 2. The van der Waals surface area contributed by atoms with E-state index in [-0.39, 0.29) is 18.2 Å². The number of imidazole rings is 1. The van der Waals surface area contributed by atoms with Gasteiger partial charge in [0.1, 0.15) is 11.7 Å². The van der Waals surface area contributed by atoms with Crippen LogP contribution in [0.3, 0.4) is 0 Å². The van der Waals surface area contributed by atoms with E-state index in [4.69, 9.17) is 11.1 Å². The highest BCUT2D eigenvalue weighted by Gasteiger charge is 2.23. The molecule has 1 saturated heterocycles. The Bertz CT molecular complexity index is 987. The Hall–Kier alpha value is -3.15. The topological polar surface area (TPSA) is 98.9 Å². The van der Waals surface area contributed by atoms with Gasteiger partial charge in [0.2, 0.25) is 5.91 Å². The number of fused-ring (bicyclic) bond motifs is 1. The minimum Gasteiger partial charge on any atom is -0.384 e. The van der Waals surface area contributed by atoms with Gasteiger partial charge in [-0.1, -0.05) is 30.3 Å². The number of piperidine rings is 1. The maximum absolute atomic E-state index is 12.7. The number of nitrogens with two attached hydrogens (primary N) is 1. The Morgan fingerprint density at radius 1 is 1.18 bits per heavy atom. The number of rotatable bonds is 5. The molecule has 1 aliphatic heterocycles. The second-order valence-corrected chi connectivity index (χ2v) is 7.52. The summed E-state index contributed by atoms with van der Waals surface area (Å²) in [5, 5.41) is 7.53. The average Bonchev–Trinajstić information content (AvgIpc) is 3.10. The number of carbonyl (C=O) groups excluding carboxylic acids is 1. The molecule has 1 aliphatic rings. The minimum absolute atomic E-state index is 0.0208. The molecule has 1 aromatic heterocycles. The third-order valence-corrected chi connectivity index (χ3v) is 5.50. The Kier molecular flexibility index (Phi) is 5.10. The van der Waals surface area contributed by atoms with E-state index in [0.29, 0.717) is 17.3 Å². The van der Waals surface area contributed by atoms with Crippen molar-refractivity contribution < 1.29 is 4.79 Å². The van der Waals surface area contributed by atoms with Gasteiger partial charge in [0.15, 0.2) is 0 Å². The summed E-state index contributed by atoms with van der Waals surface area (Å²) in [6.45, 7) is 1.62. The first kappa shape index (κ1) is 18.2. The van der Waals surface area contributed by atoms with Crippen LogP contribution in [-0.2, 0) is 17.6 Å². The van der Waals surface area contributed by atoms with Crippen molar-refractivity contribution in [3.63, 3.8) is 0 Å². The lowest BCUT2D eigenvalue weighted by Crippen LogP contribution is -2.39. The fourth-order valence-corrected chi connectivity index (χ4v) is 3.90. The largest absolute Gasteiger partial charge is 0.384 e. The van der Waals surface area contributed by atoms with Crippen LogP contribution in [0, 0.1) is 11.3 Å². The maximum Gasteiger partial charge on any atom is 0.230 e. The third kappa shape index (κ3) is 4.06. The quantitative estimate of drug-likeness (QED) is 0.472. The number of hydrogen-bond donors (Lipinski definition) is 3. The number of nitrogens with one attached hydrogen (secondary N) is 2. The van der Waals surface area contributed by atoms with Gasteiger partial charge in [0, 0.05) is 18.7 Å². The van der Waals surface area contributed by atoms with Crippen LogP contribution < -0.4 is 5.73 Å². The molecule has 0 spiro atoms. The lowest BCUT2D eigenvalue weighted by Gasteiger charge is -2.32. The lowest BCUT2D eigenvalue weighted by atomic mass is 9.90. The lowest BCUT2D eigenvalue weighted by molar-refractivity contribution is -0.131. The molecule has 6 nitrogen and oxygen atoms in total. The van der Waals surface area contributed by atoms with Crippen molar-refractivity contribution in [3.05, 3.63) is 65.5 Å². The number of hydrogen-bond acceptors (Lipinski definition) is 3. The van der Waals surface area contributed by atoms with E-state index in [9.17, 15) is 4.79 Å². The summed E-state index contributed by atoms with van der Waals surface area (Å²) in [5.74, 6) is 1.44. The Morgan fingerprint density at radius 3 is 2.64 bits per heavy atom. The van der Waals surface area contributed by atoms with Crippen LogP contribution in [0.1, 0.15) is 29.8 Å². The summed E-state index contributed by atoms with van der Waals surface area (Å²) in [6, 6.07) is 16.0. The summed E-state index contributed by atoms with van der Waals surface area (Å²) in [4.78, 5) is 22.3. The number of H-pyrrole nitrogens is 1. The second kappa shape index (κ2) is 7.84. The number of nitrogens with zero attached hydrogens (tertiary/aromatic N) is 2. The first-order valence-corrected chi connectivity index (χ1v) is 9.73. The maximum atomic E-state index is 12.7. The second-order valence-electron chi connectivity index (χ2n) is 7.52. The number of nitrogen functional groups attached to an aromatic ring is 1. The SMILES string of the molecule is N=C(N)c1ccc2nc(CC(=O)N3CCC(Cc4ccccc4)CC3)[nH]c2c1. The number of carbonyl (C=O) groups is 1. The fourth-order valence-electron chi connectivity index (χ4n) is 3.90. The average molecular weight is 375 g/mol.